The summed E-state index contributed by atoms with van der Waals surface area (Å²) in [7, 11) is 0. The topological polar surface area (TPSA) is 63.3 Å². The van der Waals surface area contributed by atoms with E-state index in [-0.39, 0.29) is 11.3 Å². The highest BCUT2D eigenvalue weighted by Gasteiger charge is 2.54. The van der Waals surface area contributed by atoms with E-state index < -0.39 is 17.2 Å². The number of carbonyl (C=O) groups is 1. The van der Waals surface area contributed by atoms with Gasteiger partial charge in [-0.25, -0.2) is 4.39 Å². The highest BCUT2D eigenvalue weighted by molar-refractivity contribution is 5.87. The van der Waals surface area contributed by atoms with Gasteiger partial charge in [-0.15, -0.1) is 0 Å². The van der Waals surface area contributed by atoms with Gasteiger partial charge in [-0.2, -0.15) is 0 Å². The van der Waals surface area contributed by atoms with E-state index in [2.05, 4.69) is 0 Å². The normalized spacial score (nSPS) is 17.8. The van der Waals surface area contributed by atoms with E-state index in [1.165, 1.54) is 18.2 Å². The first-order valence-electron chi connectivity index (χ1n) is 4.36. The minimum atomic E-state index is -1.06. The van der Waals surface area contributed by atoms with E-state index >= 15 is 0 Å². The minimum absolute atomic E-state index is 0.146. The predicted molar refractivity (Wildman–Crippen MR) is 49.4 cm³/mol. The SMILES string of the molecule is Nc1cccc(F)c1C1(C(=O)O)CC1. The molecule has 0 aromatic heterocycles. The van der Waals surface area contributed by atoms with Gasteiger partial charge in [0.1, 0.15) is 5.82 Å². The van der Waals surface area contributed by atoms with Crippen LogP contribution < -0.4 is 5.73 Å². The zero-order valence-corrected chi connectivity index (χ0v) is 7.46. The first kappa shape index (κ1) is 8.99. The molecule has 14 heavy (non-hydrogen) atoms. The fourth-order valence-electron chi connectivity index (χ4n) is 1.74. The van der Waals surface area contributed by atoms with Crippen molar-refractivity contribution in [3.63, 3.8) is 0 Å². The molecule has 1 aliphatic rings. The lowest BCUT2D eigenvalue weighted by atomic mass is 9.94. The molecule has 0 aliphatic heterocycles. The van der Waals surface area contributed by atoms with Gasteiger partial charge in [-0.05, 0) is 25.0 Å². The van der Waals surface area contributed by atoms with Crippen LogP contribution in [0, 0.1) is 5.82 Å². The van der Waals surface area contributed by atoms with Crippen molar-refractivity contribution in [1.29, 1.82) is 0 Å². The zero-order valence-electron chi connectivity index (χ0n) is 7.46. The Kier molecular flexibility index (Phi) is 1.74. The molecule has 2 rings (SSSR count). The largest absolute Gasteiger partial charge is 0.481 e. The third-order valence-corrected chi connectivity index (χ3v) is 2.68. The van der Waals surface area contributed by atoms with Gasteiger partial charge in [-0.1, -0.05) is 6.07 Å². The molecule has 0 radical (unpaired) electrons. The molecule has 1 aliphatic carbocycles. The second-order valence-electron chi connectivity index (χ2n) is 3.59. The van der Waals surface area contributed by atoms with Gasteiger partial charge in [0.15, 0.2) is 0 Å². The molecule has 1 saturated carbocycles. The molecule has 0 unspecified atom stereocenters. The Balaban J connectivity index is 2.56. The van der Waals surface area contributed by atoms with Crippen molar-refractivity contribution in [1.82, 2.24) is 0 Å². The van der Waals surface area contributed by atoms with Crippen molar-refractivity contribution in [2.75, 3.05) is 5.73 Å². The number of benzene rings is 1. The number of carboxylic acids is 1. The van der Waals surface area contributed by atoms with Crippen molar-refractivity contribution in [2.45, 2.75) is 18.3 Å². The maximum atomic E-state index is 13.4. The molecular weight excluding hydrogens is 185 g/mol. The highest BCUT2D eigenvalue weighted by atomic mass is 19.1. The average molecular weight is 195 g/mol. The van der Waals surface area contributed by atoms with Crippen LogP contribution in [0.1, 0.15) is 18.4 Å². The molecule has 74 valence electrons. The summed E-state index contributed by atoms with van der Waals surface area (Å²) in [4.78, 5) is 11.0. The number of rotatable bonds is 2. The van der Waals surface area contributed by atoms with Crippen LogP contribution >= 0.6 is 0 Å². The van der Waals surface area contributed by atoms with Gasteiger partial charge >= 0.3 is 5.97 Å². The monoisotopic (exact) mass is 195 g/mol. The third-order valence-electron chi connectivity index (χ3n) is 2.68. The minimum Gasteiger partial charge on any atom is -0.481 e. The Hall–Kier alpha value is -1.58. The Bertz CT molecular complexity index is 379. The molecule has 3 nitrogen and oxygen atoms in total. The standard InChI is InChI=1S/C10H10FNO2/c11-6-2-1-3-7(12)8(6)10(4-5-10)9(13)14/h1-3H,4-5,12H2,(H,13,14). The highest BCUT2D eigenvalue weighted by Crippen LogP contribution is 2.51. The van der Waals surface area contributed by atoms with Crippen LogP contribution in [0.25, 0.3) is 0 Å². The number of carboxylic acid groups (broad SMARTS) is 1. The molecule has 0 saturated heterocycles. The number of hydrogen-bond donors (Lipinski definition) is 2. The van der Waals surface area contributed by atoms with Gasteiger partial charge in [0.05, 0.1) is 5.41 Å². The summed E-state index contributed by atoms with van der Waals surface area (Å²) in [5, 5.41) is 8.98. The second-order valence-corrected chi connectivity index (χ2v) is 3.59. The Morgan fingerprint density at radius 2 is 2.14 bits per heavy atom. The first-order valence-corrected chi connectivity index (χ1v) is 4.36. The van der Waals surface area contributed by atoms with Gasteiger partial charge < -0.3 is 10.8 Å². The Morgan fingerprint density at radius 3 is 2.57 bits per heavy atom. The molecule has 0 spiro atoms. The van der Waals surface area contributed by atoms with Gasteiger partial charge in [-0.3, -0.25) is 4.79 Å². The van der Waals surface area contributed by atoms with Crippen LogP contribution in [0.15, 0.2) is 18.2 Å². The number of anilines is 1. The smallest absolute Gasteiger partial charge is 0.314 e. The van der Waals surface area contributed by atoms with Crippen molar-refractivity contribution in [2.24, 2.45) is 0 Å². The quantitative estimate of drug-likeness (QED) is 0.703. The molecule has 0 heterocycles. The average Bonchev–Trinajstić information content (AvgIpc) is 2.85. The number of aliphatic carboxylic acids is 1. The fraction of sp³-hybridized carbons (Fsp3) is 0.300. The van der Waals surface area contributed by atoms with E-state index in [4.69, 9.17) is 10.8 Å². The van der Waals surface area contributed by atoms with Crippen LogP contribution in [0.2, 0.25) is 0 Å². The van der Waals surface area contributed by atoms with Crippen molar-refractivity contribution < 1.29 is 14.3 Å². The summed E-state index contributed by atoms with van der Waals surface area (Å²) in [5.41, 5.74) is 4.89. The van der Waals surface area contributed by atoms with E-state index in [0.29, 0.717) is 12.8 Å². The number of nitrogen functional groups attached to an aromatic ring is 1. The summed E-state index contributed by atoms with van der Waals surface area (Å²) in [6, 6.07) is 4.25. The van der Waals surface area contributed by atoms with Crippen molar-refractivity contribution in [3.8, 4) is 0 Å². The second kappa shape index (κ2) is 2.70. The number of halogens is 1. The van der Waals surface area contributed by atoms with Crippen LogP contribution in [-0.2, 0) is 10.2 Å². The van der Waals surface area contributed by atoms with Crippen LogP contribution in [0.5, 0.6) is 0 Å². The van der Waals surface area contributed by atoms with Gasteiger partial charge in [0.25, 0.3) is 0 Å². The molecule has 1 fully saturated rings. The molecular formula is C10H10FNO2. The fourth-order valence-corrected chi connectivity index (χ4v) is 1.74. The van der Waals surface area contributed by atoms with Crippen LogP contribution in [0.3, 0.4) is 0 Å². The summed E-state index contributed by atoms with van der Waals surface area (Å²) >= 11 is 0. The maximum Gasteiger partial charge on any atom is 0.314 e. The third kappa shape index (κ3) is 1.07. The number of hydrogen-bond acceptors (Lipinski definition) is 2. The maximum absolute atomic E-state index is 13.4. The predicted octanol–water partition coefficient (Wildman–Crippen LogP) is 1.52. The van der Waals surface area contributed by atoms with Gasteiger partial charge in [0, 0.05) is 11.3 Å². The molecule has 0 bridgehead atoms. The molecule has 4 heteroatoms. The zero-order chi connectivity index (χ0) is 10.3. The molecule has 0 amide bonds. The molecule has 1 aromatic carbocycles. The Labute approximate surface area is 80.3 Å². The lowest BCUT2D eigenvalue weighted by molar-refractivity contribution is -0.140. The Morgan fingerprint density at radius 1 is 1.50 bits per heavy atom. The summed E-state index contributed by atoms with van der Waals surface area (Å²) < 4.78 is 13.4. The van der Waals surface area contributed by atoms with E-state index in [9.17, 15) is 9.18 Å². The van der Waals surface area contributed by atoms with E-state index in [1.807, 2.05) is 0 Å². The van der Waals surface area contributed by atoms with E-state index in [1.54, 1.807) is 0 Å². The lowest BCUT2D eigenvalue weighted by Crippen LogP contribution is -2.22. The van der Waals surface area contributed by atoms with Crippen LogP contribution in [-0.4, -0.2) is 11.1 Å². The molecule has 3 N–H and O–H groups in total. The molecule has 1 aromatic rings. The van der Waals surface area contributed by atoms with E-state index in [0.717, 1.165) is 0 Å². The summed E-state index contributed by atoms with van der Waals surface area (Å²) in [6.07, 6.45) is 0.931. The lowest BCUT2D eigenvalue weighted by Gasteiger charge is -2.13. The summed E-state index contributed by atoms with van der Waals surface area (Å²) in [6.45, 7) is 0. The van der Waals surface area contributed by atoms with Gasteiger partial charge in [0.2, 0.25) is 0 Å². The number of nitrogens with two attached hydrogens (primary N) is 1. The molecule has 0 atom stereocenters. The van der Waals surface area contributed by atoms with Crippen LogP contribution in [0.4, 0.5) is 10.1 Å². The van der Waals surface area contributed by atoms with Crippen molar-refractivity contribution in [3.05, 3.63) is 29.6 Å². The van der Waals surface area contributed by atoms with Crippen molar-refractivity contribution >= 4 is 11.7 Å². The first-order chi connectivity index (χ1) is 6.58. The summed E-state index contributed by atoms with van der Waals surface area (Å²) in [5.74, 6) is -1.51.